The number of hydrogen-bond donors (Lipinski definition) is 1. The van der Waals surface area contributed by atoms with Crippen molar-refractivity contribution in [2.45, 2.75) is 13.5 Å². The molecule has 1 aromatic carbocycles. The van der Waals surface area contributed by atoms with Crippen molar-refractivity contribution in [2.24, 2.45) is 0 Å². The van der Waals surface area contributed by atoms with E-state index in [1.165, 1.54) is 0 Å². The lowest BCUT2D eigenvalue weighted by atomic mass is 10.1. The number of rotatable bonds is 5. The quantitative estimate of drug-likeness (QED) is 0.856. The van der Waals surface area contributed by atoms with Gasteiger partial charge in [-0.2, -0.15) is 0 Å². The number of aryl methyl sites for hydroxylation is 1. The Kier molecular flexibility index (Phi) is 4.72. The van der Waals surface area contributed by atoms with Gasteiger partial charge < -0.3 is 10.0 Å². The van der Waals surface area contributed by atoms with Gasteiger partial charge in [0.2, 0.25) is 0 Å². The highest BCUT2D eigenvalue weighted by Crippen LogP contribution is 2.23. The van der Waals surface area contributed by atoms with E-state index < -0.39 is 5.97 Å². The summed E-state index contributed by atoms with van der Waals surface area (Å²) >= 11 is 0. The lowest BCUT2D eigenvalue weighted by molar-refractivity contribution is -0.131. The Morgan fingerprint density at radius 1 is 1.38 bits per heavy atom. The summed E-state index contributed by atoms with van der Waals surface area (Å²) < 4.78 is 0. The van der Waals surface area contributed by atoms with Crippen molar-refractivity contribution in [3.05, 3.63) is 65.5 Å². The summed E-state index contributed by atoms with van der Waals surface area (Å²) in [7, 11) is 1.98. The third-order valence-corrected chi connectivity index (χ3v) is 3.14. The van der Waals surface area contributed by atoms with Crippen molar-refractivity contribution in [2.75, 3.05) is 11.9 Å². The van der Waals surface area contributed by atoms with Crippen molar-refractivity contribution in [3.63, 3.8) is 0 Å². The number of nitrogens with zero attached hydrogens (tertiary/aromatic N) is 2. The van der Waals surface area contributed by atoms with E-state index in [2.05, 4.69) is 9.88 Å². The Morgan fingerprint density at radius 3 is 2.86 bits per heavy atom. The Bertz CT molecular complexity index is 651. The summed E-state index contributed by atoms with van der Waals surface area (Å²) in [6, 6.07) is 9.93. The molecule has 21 heavy (non-hydrogen) atoms. The number of carboxylic acids is 1. The van der Waals surface area contributed by atoms with Crippen molar-refractivity contribution in [1.82, 2.24) is 4.98 Å². The first kappa shape index (κ1) is 14.8. The molecule has 0 spiro atoms. The van der Waals surface area contributed by atoms with Crippen LogP contribution >= 0.6 is 0 Å². The smallest absolute Gasteiger partial charge is 0.328 e. The van der Waals surface area contributed by atoms with Crippen LogP contribution in [0.15, 0.2) is 48.8 Å². The number of carboxylic acid groups (broad SMARTS) is 1. The largest absolute Gasteiger partial charge is 0.478 e. The molecular weight excluding hydrogens is 264 g/mol. The van der Waals surface area contributed by atoms with Crippen LogP contribution in [0.1, 0.15) is 16.7 Å². The Hall–Kier alpha value is -2.62. The molecule has 0 saturated carbocycles. The Balaban J connectivity index is 2.27. The van der Waals surface area contributed by atoms with Crippen LogP contribution in [0.5, 0.6) is 0 Å². The van der Waals surface area contributed by atoms with Crippen LogP contribution in [0, 0.1) is 6.92 Å². The first-order chi connectivity index (χ1) is 10.1. The molecule has 108 valence electrons. The molecule has 1 heterocycles. The molecule has 4 heteroatoms. The van der Waals surface area contributed by atoms with Crippen LogP contribution in [-0.2, 0) is 11.3 Å². The molecule has 0 saturated heterocycles. The summed E-state index contributed by atoms with van der Waals surface area (Å²) in [5.74, 6) is -0.947. The normalized spacial score (nSPS) is 10.8. The zero-order chi connectivity index (χ0) is 15.2. The van der Waals surface area contributed by atoms with E-state index in [0.717, 1.165) is 28.5 Å². The maximum Gasteiger partial charge on any atom is 0.328 e. The molecule has 4 nitrogen and oxygen atoms in total. The number of hydrogen-bond acceptors (Lipinski definition) is 3. The van der Waals surface area contributed by atoms with Crippen LogP contribution in [0.4, 0.5) is 5.69 Å². The lowest BCUT2D eigenvalue weighted by Crippen LogP contribution is -2.17. The molecule has 0 radical (unpaired) electrons. The van der Waals surface area contributed by atoms with Gasteiger partial charge >= 0.3 is 5.97 Å². The van der Waals surface area contributed by atoms with Gasteiger partial charge in [0.15, 0.2) is 0 Å². The molecule has 2 aromatic rings. The summed E-state index contributed by atoms with van der Waals surface area (Å²) in [4.78, 5) is 16.9. The van der Waals surface area contributed by atoms with E-state index >= 15 is 0 Å². The maximum absolute atomic E-state index is 10.7. The molecule has 0 bridgehead atoms. The number of anilines is 1. The summed E-state index contributed by atoms with van der Waals surface area (Å²) in [5.41, 5.74) is 4.08. The van der Waals surface area contributed by atoms with Crippen LogP contribution in [0.3, 0.4) is 0 Å². The minimum Gasteiger partial charge on any atom is -0.478 e. The van der Waals surface area contributed by atoms with E-state index in [1.807, 2.05) is 50.5 Å². The van der Waals surface area contributed by atoms with E-state index in [0.29, 0.717) is 6.54 Å². The van der Waals surface area contributed by atoms with Crippen molar-refractivity contribution in [3.8, 4) is 0 Å². The van der Waals surface area contributed by atoms with Gasteiger partial charge in [-0.3, -0.25) is 4.98 Å². The van der Waals surface area contributed by atoms with Crippen LogP contribution in [-0.4, -0.2) is 23.1 Å². The zero-order valence-corrected chi connectivity index (χ0v) is 12.2. The number of pyridine rings is 1. The summed E-state index contributed by atoms with van der Waals surface area (Å²) in [5, 5.41) is 8.80. The average molecular weight is 282 g/mol. The van der Waals surface area contributed by atoms with Crippen LogP contribution in [0.25, 0.3) is 6.08 Å². The molecule has 0 fully saturated rings. The third-order valence-electron chi connectivity index (χ3n) is 3.14. The fraction of sp³-hybridized carbons (Fsp3) is 0.176. The summed E-state index contributed by atoms with van der Waals surface area (Å²) in [6.45, 7) is 2.70. The molecule has 0 unspecified atom stereocenters. The predicted molar refractivity (Wildman–Crippen MR) is 84.2 cm³/mol. The molecule has 0 atom stereocenters. The van der Waals surface area contributed by atoms with Gasteiger partial charge in [0.25, 0.3) is 0 Å². The number of aliphatic carboxylic acids is 1. The SMILES string of the molecule is Cc1ccc(N(C)Cc2cccnc2)c(/C=C/C(=O)O)c1. The molecule has 1 N–H and O–H groups in total. The first-order valence-corrected chi connectivity index (χ1v) is 6.68. The van der Waals surface area contributed by atoms with Gasteiger partial charge in [-0.1, -0.05) is 17.7 Å². The van der Waals surface area contributed by atoms with Crippen molar-refractivity contribution < 1.29 is 9.90 Å². The van der Waals surface area contributed by atoms with Gasteiger partial charge in [0.1, 0.15) is 0 Å². The second-order valence-corrected chi connectivity index (χ2v) is 4.95. The Labute approximate surface area is 124 Å². The van der Waals surface area contributed by atoms with E-state index in [1.54, 1.807) is 12.3 Å². The molecule has 0 aliphatic carbocycles. The van der Waals surface area contributed by atoms with Gasteiger partial charge in [-0.15, -0.1) is 0 Å². The van der Waals surface area contributed by atoms with Gasteiger partial charge in [0, 0.05) is 37.7 Å². The number of aromatic nitrogens is 1. The third kappa shape index (κ3) is 4.18. The molecule has 0 aliphatic rings. The lowest BCUT2D eigenvalue weighted by Gasteiger charge is -2.22. The first-order valence-electron chi connectivity index (χ1n) is 6.68. The average Bonchev–Trinajstić information content (AvgIpc) is 2.46. The minimum atomic E-state index is -0.947. The highest BCUT2D eigenvalue weighted by Gasteiger charge is 2.07. The second kappa shape index (κ2) is 6.70. The van der Waals surface area contributed by atoms with E-state index in [4.69, 9.17) is 5.11 Å². The predicted octanol–water partition coefficient (Wildman–Crippen LogP) is 3.12. The van der Waals surface area contributed by atoms with Crippen molar-refractivity contribution >= 4 is 17.7 Å². The maximum atomic E-state index is 10.7. The van der Waals surface area contributed by atoms with Gasteiger partial charge in [0.05, 0.1) is 0 Å². The van der Waals surface area contributed by atoms with E-state index in [9.17, 15) is 4.79 Å². The zero-order valence-electron chi connectivity index (χ0n) is 12.2. The molecule has 1 aromatic heterocycles. The molecular formula is C17H18N2O2. The second-order valence-electron chi connectivity index (χ2n) is 4.95. The fourth-order valence-corrected chi connectivity index (χ4v) is 2.17. The fourth-order valence-electron chi connectivity index (χ4n) is 2.17. The topological polar surface area (TPSA) is 53.4 Å². The summed E-state index contributed by atoms with van der Waals surface area (Å²) in [6.07, 6.45) is 6.37. The van der Waals surface area contributed by atoms with Gasteiger partial charge in [-0.05, 0) is 42.3 Å². The molecule has 0 aliphatic heterocycles. The molecule has 2 rings (SSSR count). The monoisotopic (exact) mass is 282 g/mol. The number of carbonyl (C=O) groups is 1. The van der Waals surface area contributed by atoms with Crippen LogP contribution < -0.4 is 4.90 Å². The van der Waals surface area contributed by atoms with E-state index in [-0.39, 0.29) is 0 Å². The highest BCUT2D eigenvalue weighted by molar-refractivity contribution is 5.87. The molecule has 0 amide bonds. The highest BCUT2D eigenvalue weighted by atomic mass is 16.4. The van der Waals surface area contributed by atoms with Gasteiger partial charge in [-0.25, -0.2) is 4.79 Å². The number of benzene rings is 1. The minimum absolute atomic E-state index is 0.713. The van der Waals surface area contributed by atoms with Crippen LogP contribution in [0.2, 0.25) is 0 Å². The standard InChI is InChI=1S/C17H18N2O2/c1-13-5-7-16(15(10-13)6-8-17(20)21)19(2)12-14-4-3-9-18-11-14/h3-11H,12H2,1-2H3,(H,20,21)/b8-6+. The van der Waals surface area contributed by atoms with Crippen molar-refractivity contribution in [1.29, 1.82) is 0 Å². The Morgan fingerprint density at radius 2 is 2.19 bits per heavy atom.